The summed E-state index contributed by atoms with van der Waals surface area (Å²) >= 11 is 8.27. The van der Waals surface area contributed by atoms with Crippen LogP contribution in [-0.4, -0.2) is 23.3 Å². The number of benzene rings is 1. The van der Waals surface area contributed by atoms with Gasteiger partial charge in [0.15, 0.2) is 11.5 Å². The smallest absolute Gasteiger partial charge is 0.231 e. The third-order valence-electron chi connectivity index (χ3n) is 5.78. The molecule has 1 fully saturated rings. The lowest BCUT2D eigenvalue weighted by Gasteiger charge is -2.21. The normalized spacial score (nSPS) is 16.5. The predicted molar refractivity (Wildman–Crippen MR) is 118 cm³/mol. The zero-order chi connectivity index (χ0) is 19.8. The molecule has 29 heavy (non-hydrogen) atoms. The van der Waals surface area contributed by atoms with Gasteiger partial charge < -0.3 is 14.8 Å². The van der Waals surface area contributed by atoms with Crippen LogP contribution < -0.4 is 14.8 Å². The zero-order valence-corrected chi connectivity index (χ0v) is 18.0. The highest BCUT2D eigenvalue weighted by atomic mass is 35.5. The van der Waals surface area contributed by atoms with E-state index in [1.807, 2.05) is 13.0 Å². The van der Waals surface area contributed by atoms with E-state index < -0.39 is 0 Å². The Hall–Kier alpha value is -2.05. The van der Waals surface area contributed by atoms with Gasteiger partial charge in [0.1, 0.15) is 16.5 Å². The third-order valence-corrected chi connectivity index (χ3v) is 7.37. The van der Waals surface area contributed by atoms with Crippen molar-refractivity contribution < 1.29 is 9.47 Å². The van der Waals surface area contributed by atoms with Gasteiger partial charge in [-0.25, -0.2) is 9.97 Å². The minimum atomic E-state index is 0.301. The molecule has 1 N–H and O–H groups in total. The molecule has 0 bridgehead atoms. The molecule has 5 nitrogen and oxygen atoms in total. The zero-order valence-electron chi connectivity index (χ0n) is 16.5. The lowest BCUT2D eigenvalue weighted by molar-refractivity contribution is 0.174. The average molecular weight is 430 g/mol. The van der Waals surface area contributed by atoms with Crippen LogP contribution in [0.2, 0.25) is 5.02 Å². The second-order valence-corrected chi connectivity index (χ2v) is 9.36. The summed E-state index contributed by atoms with van der Waals surface area (Å²) < 4.78 is 10.9. The molecule has 2 aliphatic rings. The van der Waals surface area contributed by atoms with Gasteiger partial charge in [-0.1, -0.05) is 36.9 Å². The second kappa shape index (κ2) is 8.00. The topological polar surface area (TPSA) is 56.3 Å². The van der Waals surface area contributed by atoms with E-state index in [1.165, 1.54) is 37.7 Å². The van der Waals surface area contributed by atoms with Crippen LogP contribution in [0.15, 0.2) is 18.2 Å². The van der Waals surface area contributed by atoms with E-state index in [-0.39, 0.29) is 0 Å². The van der Waals surface area contributed by atoms with Crippen LogP contribution in [0.5, 0.6) is 11.5 Å². The molecule has 1 aromatic carbocycles. The maximum absolute atomic E-state index is 6.60. The molecule has 0 atom stereocenters. The third kappa shape index (κ3) is 3.76. The fraction of sp³-hybridized carbons (Fsp3) is 0.455. The Labute approximate surface area is 179 Å². The first kappa shape index (κ1) is 18.9. The van der Waals surface area contributed by atoms with Gasteiger partial charge in [-0.15, -0.1) is 11.3 Å². The van der Waals surface area contributed by atoms with Gasteiger partial charge in [0.05, 0.1) is 10.4 Å². The van der Waals surface area contributed by atoms with Crippen LogP contribution in [0.4, 0.5) is 5.82 Å². The van der Waals surface area contributed by atoms with Gasteiger partial charge >= 0.3 is 0 Å². The van der Waals surface area contributed by atoms with Crippen molar-refractivity contribution in [3.63, 3.8) is 0 Å². The number of hydrogen-bond acceptors (Lipinski definition) is 6. The lowest BCUT2D eigenvalue weighted by atomic mass is 9.88. The molecular formula is C22H24ClN3O2S. The molecule has 1 aliphatic carbocycles. The van der Waals surface area contributed by atoms with Crippen molar-refractivity contribution in [3.05, 3.63) is 39.5 Å². The van der Waals surface area contributed by atoms with Gasteiger partial charge in [0.2, 0.25) is 6.79 Å². The molecule has 0 spiro atoms. The van der Waals surface area contributed by atoms with Crippen molar-refractivity contribution in [2.75, 3.05) is 18.7 Å². The first-order valence-corrected chi connectivity index (χ1v) is 11.5. The maximum Gasteiger partial charge on any atom is 0.231 e. The highest BCUT2D eigenvalue weighted by Crippen LogP contribution is 2.40. The van der Waals surface area contributed by atoms with E-state index in [0.717, 1.165) is 56.2 Å². The molecule has 3 heterocycles. The average Bonchev–Trinajstić information content (AvgIpc) is 3.32. The van der Waals surface area contributed by atoms with E-state index in [9.17, 15) is 0 Å². The quantitative estimate of drug-likeness (QED) is 0.532. The number of hydrogen-bond donors (Lipinski definition) is 1. The van der Waals surface area contributed by atoms with E-state index >= 15 is 0 Å². The fourth-order valence-electron chi connectivity index (χ4n) is 4.19. The maximum atomic E-state index is 6.60. The van der Waals surface area contributed by atoms with Gasteiger partial charge in [0, 0.05) is 17.3 Å². The van der Waals surface area contributed by atoms with Gasteiger partial charge in [-0.3, -0.25) is 0 Å². The number of ether oxygens (including phenoxy) is 2. The summed E-state index contributed by atoms with van der Waals surface area (Å²) in [6, 6.07) is 6.11. The molecule has 0 unspecified atom stereocenters. The van der Waals surface area contributed by atoms with Crippen LogP contribution in [0.3, 0.4) is 0 Å². The predicted octanol–water partition coefficient (Wildman–Crippen LogP) is 6.08. The number of aromatic nitrogens is 2. The van der Waals surface area contributed by atoms with Crippen LogP contribution in [0.25, 0.3) is 10.2 Å². The number of anilines is 1. The summed E-state index contributed by atoms with van der Waals surface area (Å²) in [5, 5.41) is 5.26. The number of fused-ring (bicyclic) bond motifs is 2. The van der Waals surface area contributed by atoms with E-state index in [2.05, 4.69) is 17.4 Å². The van der Waals surface area contributed by atoms with E-state index in [0.29, 0.717) is 12.7 Å². The number of thiophene rings is 1. The number of nitrogens with zero attached hydrogens (tertiary/aromatic N) is 2. The molecule has 5 rings (SSSR count). The van der Waals surface area contributed by atoms with Crippen molar-refractivity contribution in [1.29, 1.82) is 0 Å². The Morgan fingerprint density at radius 2 is 1.97 bits per heavy atom. The number of aryl methyl sites for hydroxylation is 1. The number of halogens is 1. The summed E-state index contributed by atoms with van der Waals surface area (Å²) in [5.74, 6) is 3.94. The lowest BCUT2D eigenvalue weighted by Crippen LogP contribution is -2.12. The van der Waals surface area contributed by atoms with Crippen molar-refractivity contribution in [3.8, 4) is 11.5 Å². The Kier molecular flexibility index (Phi) is 5.22. The van der Waals surface area contributed by atoms with Crippen molar-refractivity contribution in [2.45, 2.75) is 51.4 Å². The largest absolute Gasteiger partial charge is 0.454 e. The van der Waals surface area contributed by atoms with E-state index in [4.69, 9.17) is 31.0 Å². The summed E-state index contributed by atoms with van der Waals surface area (Å²) in [5.41, 5.74) is 1.20. The van der Waals surface area contributed by atoms with Gasteiger partial charge in [0.25, 0.3) is 0 Å². The summed E-state index contributed by atoms with van der Waals surface area (Å²) in [6.45, 7) is 3.11. The molecule has 0 radical (unpaired) electrons. The Morgan fingerprint density at radius 3 is 2.83 bits per heavy atom. The molecule has 0 saturated heterocycles. The number of rotatable bonds is 5. The minimum Gasteiger partial charge on any atom is -0.454 e. The SMILES string of the molecule is Cc1sc2nc(C3CCCCC3)nc(NCCc3ccc4c(c3)OCO4)c2c1Cl. The monoisotopic (exact) mass is 429 g/mol. The first-order chi connectivity index (χ1) is 14.2. The molecule has 1 aliphatic heterocycles. The van der Waals surface area contributed by atoms with Gasteiger partial charge in [-0.05, 0) is 43.9 Å². The van der Waals surface area contributed by atoms with Crippen LogP contribution in [0.1, 0.15) is 54.3 Å². The van der Waals surface area contributed by atoms with Crippen LogP contribution in [-0.2, 0) is 6.42 Å². The molecular weight excluding hydrogens is 406 g/mol. The summed E-state index contributed by atoms with van der Waals surface area (Å²) in [6.07, 6.45) is 7.08. The Morgan fingerprint density at radius 1 is 1.14 bits per heavy atom. The van der Waals surface area contributed by atoms with Crippen molar-refractivity contribution in [1.82, 2.24) is 9.97 Å². The van der Waals surface area contributed by atoms with Crippen LogP contribution in [0, 0.1) is 6.92 Å². The minimum absolute atomic E-state index is 0.301. The van der Waals surface area contributed by atoms with E-state index in [1.54, 1.807) is 11.3 Å². The standard InChI is InChI=1S/C22H24ClN3O2S/c1-13-19(23)18-21(24-10-9-14-7-8-16-17(11-14)28-12-27-16)25-20(26-22(18)29-13)15-5-3-2-4-6-15/h7-8,11,15H,2-6,9-10,12H2,1H3,(H,24,25,26). The fourth-order valence-corrected chi connectivity index (χ4v) is 5.46. The highest BCUT2D eigenvalue weighted by molar-refractivity contribution is 7.19. The molecule has 2 aromatic heterocycles. The second-order valence-electron chi connectivity index (χ2n) is 7.78. The Balaban J connectivity index is 1.39. The Bertz CT molecular complexity index is 1050. The molecule has 0 amide bonds. The highest BCUT2D eigenvalue weighted by Gasteiger charge is 2.22. The van der Waals surface area contributed by atoms with Crippen molar-refractivity contribution in [2.24, 2.45) is 0 Å². The van der Waals surface area contributed by atoms with Crippen LogP contribution >= 0.6 is 22.9 Å². The molecule has 3 aromatic rings. The van der Waals surface area contributed by atoms with Gasteiger partial charge in [-0.2, -0.15) is 0 Å². The van der Waals surface area contributed by atoms with Crippen molar-refractivity contribution >= 4 is 39.0 Å². The number of nitrogens with one attached hydrogen (secondary N) is 1. The summed E-state index contributed by atoms with van der Waals surface area (Å²) in [7, 11) is 0. The molecule has 7 heteroatoms. The molecule has 152 valence electrons. The molecule has 1 saturated carbocycles. The summed E-state index contributed by atoms with van der Waals surface area (Å²) in [4.78, 5) is 11.9. The first-order valence-electron chi connectivity index (χ1n) is 10.3.